The van der Waals surface area contributed by atoms with Crippen molar-refractivity contribution in [1.29, 1.82) is 0 Å². The predicted molar refractivity (Wildman–Crippen MR) is 121 cm³/mol. The monoisotopic (exact) mass is 426 g/mol. The predicted octanol–water partition coefficient (Wildman–Crippen LogP) is 3.43. The van der Waals surface area contributed by atoms with E-state index in [2.05, 4.69) is 15.2 Å². The van der Waals surface area contributed by atoms with Crippen molar-refractivity contribution in [3.63, 3.8) is 0 Å². The molecule has 0 unspecified atom stereocenters. The minimum Gasteiger partial charge on any atom is -0.320 e. The number of carbonyl (C=O) groups is 3. The highest BCUT2D eigenvalue weighted by molar-refractivity contribution is 6.35. The van der Waals surface area contributed by atoms with Crippen molar-refractivity contribution in [3.05, 3.63) is 88.2 Å². The van der Waals surface area contributed by atoms with Crippen molar-refractivity contribution in [3.8, 4) is 0 Å². The average molecular weight is 426 g/mol. The number of fused-ring (bicyclic) bond motifs is 2. The van der Waals surface area contributed by atoms with Crippen LogP contribution in [0.1, 0.15) is 47.9 Å². The van der Waals surface area contributed by atoms with Gasteiger partial charge in [0.2, 0.25) is 0 Å². The molecule has 2 aromatic carbocycles. The molecule has 1 N–H and O–H groups in total. The normalized spacial score (nSPS) is 15.5. The number of nitrogens with zero attached hydrogens (tertiary/aromatic N) is 3. The van der Waals surface area contributed by atoms with E-state index in [1.807, 2.05) is 20.0 Å². The van der Waals surface area contributed by atoms with Gasteiger partial charge in [0, 0.05) is 25.0 Å². The van der Waals surface area contributed by atoms with E-state index in [1.54, 1.807) is 48.7 Å². The van der Waals surface area contributed by atoms with Gasteiger partial charge in [0.05, 0.1) is 16.8 Å². The van der Waals surface area contributed by atoms with Crippen LogP contribution in [-0.2, 0) is 13.0 Å². The van der Waals surface area contributed by atoms with Gasteiger partial charge in [0.1, 0.15) is 5.69 Å². The second kappa shape index (κ2) is 7.69. The van der Waals surface area contributed by atoms with Gasteiger partial charge in [-0.25, -0.2) is 4.90 Å². The summed E-state index contributed by atoms with van der Waals surface area (Å²) in [6, 6.07) is 14.0. The fraction of sp³-hybridized carbons (Fsp3) is 0.200. The summed E-state index contributed by atoms with van der Waals surface area (Å²) in [5.41, 5.74) is 5.09. The molecule has 0 atom stereocenters. The second-order valence-corrected chi connectivity index (χ2v) is 8.19. The van der Waals surface area contributed by atoms with Crippen LogP contribution in [-0.4, -0.2) is 41.2 Å². The minimum atomic E-state index is -0.311. The van der Waals surface area contributed by atoms with Gasteiger partial charge in [-0.1, -0.05) is 18.2 Å². The number of aromatic nitrogens is 1. The molecular formula is C25H22N4O3. The van der Waals surface area contributed by atoms with Crippen LogP contribution in [0.4, 0.5) is 11.4 Å². The van der Waals surface area contributed by atoms with Gasteiger partial charge in [-0.05, 0) is 67.4 Å². The maximum Gasteiger partial charge on any atom is 0.274 e. The van der Waals surface area contributed by atoms with Crippen LogP contribution < -0.4 is 10.2 Å². The molecule has 7 heteroatoms. The van der Waals surface area contributed by atoms with E-state index >= 15 is 0 Å². The van der Waals surface area contributed by atoms with Crippen molar-refractivity contribution in [1.82, 2.24) is 9.88 Å². The molecule has 0 radical (unpaired) electrons. The summed E-state index contributed by atoms with van der Waals surface area (Å²) in [6.07, 6.45) is 2.27. The largest absolute Gasteiger partial charge is 0.320 e. The van der Waals surface area contributed by atoms with Gasteiger partial charge in [-0.2, -0.15) is 0 Å². The zero-order valence-electron chi connectivity index (χ0n) is 17.9. The van der Waals surface area contributed by atoms with Crippen molar-refractivity contribution < 1.29 is 14.4 Å². The Labute approximate surface area is 185 Å². The third-order valence-electron chi connectivity index (χ3n) is 6.09. The number of imide groups is 1. The van der Waals surface area contributed by atoms with Crippen molar-refractivity contribution >= 4 is 29.1 Å². The molecule has 0 fully saturated rings. The van der Waals surface area contributed by atoms with Crippen LogP contribution in [0, 0.1) is 6.92 Å². The Kier molecular flexibility index (Phi) is 4.83. The molecule has 0 spiro atoms. The summed E-state index contributed by atoms with van der Waals surface area (Å²) in [7, 11) is 2.00. The van der Waals surface area contributed by atoms with Crippen LogP contribution in [0.15, 0.2) is 54.7 Å². The molecule has 3 amide bonds. The maximum atomic E-state index is 13.3. The lowest BCUT2D eigenvalue weighted by Crippen LogP contribution is -2.34. The van der Waals surface area contributed by atoms with Crippen LogP contribution in [0.25, 0.3) is 0 Å². The molecule has 2 aliphatic heterocycles. The summed E-state index contributed by atoms with van der Waals surface area (Å²) in [4.78, 5) is 46.7. The molecule has 1 aromatic heterocycles. The summed E-state index contributed by atoms with van der Waals surface area (Å²) in [5, 5.41) is 2.96. The smallest absolute Gasteiger partial charge is 0.274 e. The number of likely N-dealkylation sites (N-methyl/N-ethyl adjacent to an activating group) is 1. The van der Waals surface area contributed by atoms with Crippen molar-refractivity contribution in [2.75, 3.05) is 23.8 Å². The lowest BCUT2D eigenvalue weighted by molar-refractivity contribution is 0.0924. The number of amides is 3. The third kappa shape index (κ3) is 3.18. The summed E-state index contributed by atoms with van der Waals surface area (Å²) in [6.45, 7) is 3.22. The van der Waals surface area contributed by atoms with E-state index in [0.717, 1.165) is 23.2 Å². The SMILES string of the molecule is Cc1cccc2c1C(=O)N(c1ccc(NC(=O)c3ccccn3)c3c1CN(C)CC3)C2=O. The molecule has 32 heavy (non-hydrogen) atoms. The second-order valence-electron chi connectivity index (χ2n) is 8.19. The summed E-state index contributed by atoms with van der Waals surface area (Å²) in [5.74, 6) is -0.908. The Morgan fingerprint density at radius 3 is 2.59 bits per heavy atom. The average Bonchev–Trinajstić information content (AvgIpc) is 3.05. The summed E-state index contributed by atoms with van der Waals surface area (Å²) < 4.78 is 0. The quantitative estimate of drug-likeness (QED) is 0.649. The molecule has 0 aliphatic carbocycles. The Morgan fingerprint density at radius 2 is 1.84 bits per heavy atom. The summed E-state index contributed by atoms with van der Waals surface area (Å²) >= 11 is 0. The van der Waals surface area contributed by atoms with Crippen LogP contribution >= 0.6 is 0 Å². The zero-order valence-corrected chi connectivity index (χ0v) is 17.9. The van der Waals surface area contributed by atoms with Crippen LogP contribution in [0.3, 0.4) is 0 Å². The first-order valence-electron chi connectivity index (χ1n) is 10.5. The minimum absolute atomic E-state index is 0.296. The molecule has 3 heterocycles. The highest BCUT2D eigenvalue weighted by Gasteiger charge is 2.39. The first-order chi connectivity index (χ1) is 15.5. The van der Waals surface area contributed by atoms with Crippen molar-refractivity contribution in [2.45, 2.75) is 19.9 Å². The van der Waals surface area contributed by atoms with Gasteiger partial charge in [-0.15, -0.1) is 0 Å². The molecule has 7 nitrogen and oxygen atoms in total. The van der Waals surface area contributed by atoms with E-state index in [4.69, 9.17) is 0 Å². The maximum absolute atomic E-state index is 13.3. The van der Waals surface area contributed by atoms with Gasteiger partial charge >= 0.3 is 0 Å². The lowest BCUT2D eigenvalue weighted by atomic mass is 9.95. The van der Waals surface area contributed by atoms with E-state index in [9.17, 15) is 14.4 Å². The van der Waals surface area contributed by atoms with Crippen molar-refractivity contribution in [2.24, 2.45) is 0 Å². The van der Waals surface area contributed by atoms with Crippen LogP contribution in [0.2, 0.25) is 0 Å². The Balaban J connectivity index is 1.57. The fourth-order valence-electron chi connectivity index (χ4n) is 4.48. The van der Waals surface area contributed by atoms with Gasteiger partial charge in [0.25, 0.3) is 17.7 Å². The molecule has 0 saturated heterocycles. The molecule has 5 rings (SSSR count). The van der Waals surface area contributed by atoms with E-state index in [-0.39, 0.29) is 17.7 Å². The van der Waals surface area contributed by atoms with Gasteiger partial charge in [-0.3, -0.25) is 19.4 Å². The van der Waals surface area contributed by atoms with Gasteiger partial charge < -0.3 is 10.2 Å². The number of rotatable bonds is 3. The van der Waals surface area contributed by atoms with E-state index < -0.39 is 0 Å². The topological polar surface area (TPSA) is 82.6 Å². The molecule has 0 saturated carbocycles. The molecular weight excluding hydrogens is 404 g/mol. The number of aryl methyl sites for hydroxylation is 1. The number of pyridine rings is 1. The molecule has 2 aliphatic rings. The number of hydrogen-bond donors (Lipinski definition) is 1. The number of carbonyl (C=O) groups excluding carboxylic acids is 3. The first kappa shape index (κ1) is 20.1. The number of hydrogen-bond acceptors (Lipinski definition) is 5. The Hall–Kier alpha value is -3.84. The first-order valence-corrected chi connectivity index (χ1v) is 10.5. The lowest BCUT2D eigenvalue weighted by Gasteiger charge is -2.30. The standard InChI is InChI=1S/C25H22N4O3/c1-15-6-5-7-17-22(15)25(32)29(24(17)31)21-10-9-19(16-11-13-28(2)14-18(16)21)27-23(30)20-8-3-4-12-26-20/h3-10,12H,11,13-14H2,1-2H3,(H,27,30). The third-order valence-corrected chi connectivity index (χ3v) is 6.09. The zero-order chi connectivity index (χ0) is 22.4. The Morgan fingerprint density at radius 1 is 1.00 bits per heavy atom. The highest BCUT2D eigenvalue weighted by Crippen LogP contribution is 2.38. The molecule has 0 bridgehead atoms. The Bertz CT molecular complexity index is 1270. The number of nitrogens with one attached hydrogen (secondary N) is 1. The van der Waals surface area contributed by atoms with Crippen LogP contribution in [0.5, 0.6) is 0 Å². The molecule has 160 valence electrons. The fourth-order valence-corrected chi connectivity index (χ4v) is 4.48. The van der Waals surface area contributed by atoms with E-state index in [1.165, 1.54) is 4.90 Å². The number of benzene rings is 2. The van der Waals surface area contributed by atoms with Gasteiger partial charge in [0.15, 0.2) is 0 Å². The number of anilines is 2. The highest BCUT2D eigenvalue weighted by atomic mass is 16.2. The molecule has 3 aromatic rings. The van der Waals surface area contributed by atoms with E-state index in [0.29, 0.717) is 41.2 Å².